The Bertz CT molecular complexity index is 554. The minimum atomic E-state index is -0.293. The second-order valence-electron chi connectivity index (χ2n) is 4.44. The topological polar surface area (TPSA) is 21.3 Å². The normalized spacial score (nSPS) is 10.5. The standard InChI is InChI=1S/C16H18FNO/c1-3-18-11-13-8-7-12(2)16(9-13)19-15-6-4-5-14(17)10-15/h4-10,18H,3,11H2,1-2H3. The number of ether oxygens (including phenoxy) is 1. The van der Waals surface area contributed by atoms with Gasteiger partial charge in [0.2, 0.25) is 0 Å². The predicted octanol–water partition coefficient (Wildman–Crippen LogP) is 4.04. The van der Waals surface area contributed by atoms with Gasteiger partial charge in [0.05, 0.1) is 0 Å². The highest BCUT2D eigenvalue weighted by molar-refractivity contribution is 5.40. The van der Waals surface area contributed by atoms with Crippen molar-refractivity contribution in [3.8, 4) is 11.5 Å². The van der Waals surface area contributed by atoms with Crippen molar-refractivity contribution in [2.75, 3.05) is 6.54 Å². The highest BCUT2D eigenvalue weighted by Crippen LogP contribution is 2.26. The number of rotatable bonds is 5. The molecule has 1 N–H and O–H groups in total. The Balaban J connectivity index is 2.19. The van der Waals surface area contributed by atoms with Crippen LogP contribution in [0.3, 0.4) is 0 Å². The Hall–Kier alpha value is -1.87. The van der Waals surface area contributed by atoms with Crippen LogP contribution in [0.2, 0.25) is 0 Å². The molecule has 0 bridgehead atoms. The summed E-state index contributed by atoms with van der Waals surface area (Å²) in [4.78, 5) is 0. The number of aryl methyl sites for hydroxylation is 1. The van der Waals surface area contributed by atoms with E-state index in [4.69, 9.17) is 4.74 Å². The molecule has 0 spiro atoms. The fraction of sp³-hybridized carbons (Fsp3) is 0.250. The number of benzene rings is 2. The molecule has 0 aliphatic carbocycles. The van der Waals surface area contributed by atoms with Gasteiger partial charge in [0.15, 0.2) is 0 Å². The molecule has 2 aromatic carbocycles. The third kappa shape index (κ3) is 3.80. The Morgan fingerprint density at radius 1 is 1.16 bits per heavy atom. The van der Waals surface area contributed by atoms with Crippen molar-refractivity contribution in [3.63, 3.8) is 0 Å². The molecule has 0 fully saturated rings. The molecular weight excluding hydrogens is 241 g/mol. The maximum Gasteiger partial charge on any atom is 0.130 e. The molecule has 2 nitrogen and oxygen atoms in total. The summed E-state index contributed by atoms with van der Waals surface area (Å²) in [6.07, 6.45) is 0. The average Bonchev–Trinajstić information content (AvgIpc) is 2.40. The number of nitrogens with one attached hydrogen (secondary N) is 1. The summed E-state index contributed by atoms with van der Waals surface area (Å²) in [5, 5.41) is 3.27. The molecule has 0 saturated carbocycles. The van der Waals surface area contributed by atoms with Crippen LogP contribution in [0.25, 0.3) is 0 Å². The van der Waals surface area contributed by atoms with Crippen LogP contribution in [-0.2, 0) is 6.54 Å². The third-order valence-corrected chi connectivity index (χ3v) is 2.86. The van der Waals surface area contributed by atoms with Crippen LogP contribution >= 0.6 is 0 Å². The van der Waals surface area contributed by atoms with Gasteiger partial charge in [0.25, 0.3) is 0 Å². The second-order valence-corrected chi connectivity index (χ2v) is 4.44. The van der Waals surface area contributed by atoms with E-state index in [0.717, 1.165) is 30.0 Å². The molecule has 0 aliphatic rings. The molecule has 0 aliphatic heterocycles. The maximum atomic E-state index is 13.1. The van der Waals surface area contributed by atoms with Gasteiger partial charge in [-0.3, -0.25) is 0 Å². The van der Waals surface area contributed by atoms with Crippen molar-refractivity contribution in [3.05, 3.63) is 59.4 Å². The zero-order valence-corrected chi connectivity index (χ0v) is 11.2. The smallest absolute Gasteiger partial charge is 0.130 e. The molecule has 0 radical (unpaired) electrons. The molecule has 2 aromatic rings. The quantitative estimate of drug-likeness (QED) is 0.875. The van der Waals surface area contributed by atoms with Crippen molar-refractivity contribution in [2.45, 2.75) is 20.4 Å². The van der Waals surface area contributed by atoms with Gasteiger partial charge in [-0.25, -0.2) is 4.39 Å². The molecule has 100 valence electrons. The Labute approximate surface area is 113 Å². The molecule has 3 heteroatoms. The molecule has 0 heterocycles. The lowest BCUT2D eigenvalue weighted by atomic mass is 10.1. The van der Waals surface area contributed by atoms with E-state index in [-0.39, 0.29) is 5.82 Å². The Morgan fingerprint density at radius 2 is 2.00 bits per heavy atom. The first kappa shape index (κ1) is 13.6. The molecule has 19 heavy (non-hydrogen) atoms. The molecule has 0 saturated heterocycles. The lowest BCUT2D eigenvalue weighted by molar-refractivity contribution is 0.472. The van der Waals surface area contributed by atoms with E-state index in [1.807, 2.05) is 19.1 Å². The summed E-state index contributed by atoms with van der Waals surface area (Å²) in [5.74, 6) is 0.990. The van der Waals surface area contributed by atoms with Crippen molar-refractivity contribution in [1.82, 2.24) is 5.32 Å². The van der Waals surface area contributed by atoms with Crippen LogP contribution in [0.1, 0.15) is 18.1 Å². The van der Waals surface area contributed by atoms with Crippen molar-refractivity contribution in [1.29, 1.82) is 0 Å². The van der Waals surface area contributed by atoms with Crippen molar-refractivity contribution >= 4 is 0 Å². The van der Waals surface area contributed by atoms with E-state index in [0.29, 0.717) is 5.75 Å². The van der Waals surface area contributed by atoms with Gasteiger partial charge in [0.1, 0.15) is 17.3 Å². The fourth-order valence-corrected chi connectivity index (χ4v) is 1.79. The Morgan fingerprint density at radius 3 is 2.74 bits per heavy atom. The van der Waals surface area contributed by atoms with Crippen LogP contribution in [-0.4, -0.2) is 6.54 Å². The lowest BCUT2D eigenvalue weighted by Crippen LogP contribution is -2.11. The molecule has 0 amide bonds. The first-order valence-electron chi connectivity index (χ1n) is 6.42. The summed E-state index contributed by atoms with van der Waals surface area (Å²) < 4.78 is 18.9. The zero-order chi connectivity index (χ0) is 13.7. The molecule has 0 unspecified atom stereocenters. The molecule has 2 rings (SSSR count). The minimum absolute atomic E-state index is 0.293. The van der Waals surface area contributed by atoms with Crippen LogP contribution in [0.5, 0.6) is 11.5 Å². The first-order valence-corrected chi connectivity index (χ1v) is 6.42. The summed E-state index contributed by atoms with van der Waals surface area (Å²) >= 11 is 0. The third-order valence-electron chi connectivity index (χ3n) is 2.86. The van der Waals surface area contributed by atoms with E-state index >= 15 is 0 Å². The molecule has 0 aromatic heterocycles. The fourth-order valence-electron chi connectivity index (χ4n) is 1.79. The van der Waals surface area contributed by atoms with E-state index in [1.54, 1.807) is 12.1 Å². The first-order chi connectivity index (χ1) is 9.19. The summed E-state index contributed by atoms with van der Waals surface area (Å²) in [6.45, 7) is 5.77. The van der Waals surface area contributed by atoms with Crippen molar-refractivity contribution in [2.24, 2.45) is 0 Å². The summed E-state index contributed by atoms with van der Waals surface area (Å²) in [5.41, 5.74) is 2.18. The maximum absolute atomic E-state index is 13.1. The van der Waals surface area contributed by atoms with Gasteiger partial charge in [-0.1, -0.05) is 25.1 Å². The minimum Gasteiger partial charge on any atom is -0.457 e. The zero-order valence-electron chi connectivity index (χ0n) is 11.2. The van der Waals surface area contributed by atoms with E-state index < -0.39 is 0 Å². The second kappa shape index (κ2) is 6.34. The van der Waals surface area contributed by atoms with E-state index in [9.17, 15) is 4.39 Å². The number of halogens is 1. The molecule has 0 atom stereocenters. The summed E-state index contributed by atoms with van der Waals surface area (Å²) in [6, 6.07) is 12.3. The van der Waals surface area contributed by atoms with Crippen LogP contribution < -0.4 is 10.1 Å². The van der Waals surface area contributed by atoms with Gasteiger partial charge < -0.3 is 10.1 Å². The predicted molar refractivity (Wildman–Crippen MR) is 75.0 cm³/mol. The highest BCUT2D eigenvalue weighted by Gasteiger charge is 2.04. The number of hydrogen-bond acceptors (Lipinski definition) is 2. The highest BCUT2D eigenvalue weighted by atomic mass is 19.1. The van der Waals surface area contributed by atoms with E-state index in [2.05, 4.69) is 18.3 Å². The SMILES string of the molecule is CCNCc1ccc(C)c(Oc2cccc(F)c2)c1. The number of hydrogen-bond donors (Lipinski definition) is 1. The van der Waals surface area contributed by atoms with Crippen LogP contribution in [0, 0.1) is 12.7 Å². The largest absolute Gasteiger partial charge is 0.457 e. The van der Waals surface area contributed by atoms with E-state index in [1.165, 1.54) is 12.1 Å². The lowest BCUT2D eigenvalue weighted by Gasteiger charge is -2.11. The Kier molecular flexibility index (Phi) is 4.53. The van der Waals surface area contributed by atoms with Crippen LogP contribution in [0.15, 0.2) is 42.5 Å². The average molecular weight is 259 g/mol. The van der Waals surface area contributed by atoms with Gasteiger partial charge in [-0.05, 0) is 42.8 Å². The van der Waals surface area contributed by atoms with Gasteiger partial charge in [-0.15, -0.1) is 0 Å². The monoisotopic (exact) mass is 259 g/mol. The van der Waals surface area contributed by atoms with Crippen molar-refractivity contribution < 1.29 is 9.13 Å². The van der Waals surface area contributed by atoms with Gasteiger partial charge in [-0.2, -0.15) is 0 Å². The van der Waals surface area contributed by atoms with Gasteiger partial charge >= 0.3 is 0 Å². The molecular formula is C16H18FNO. The van der Waals surface area contributed by atoms with Gasteiger partial charge in [0, 0.05) is 12.6 Å². The van der Waals surface area contributed by atoms with Crippen LogP contribution in [0.4, 0.5) is 4.39 Å². The summed E-state index contributed by atoms with van der Waals surface area (Å²) in [7, 11) is 0.